The highest BCUT2D eigenvalue weighted by atomic mass is 32.2. The van der Waals surface area contributed by atoms with Crippen LogP contribution in [0, 0.1) is 0 Å². The van der Waals surface area contributed by atoms with Crippen LogP contribution < -0.4 is 0 Å². The van der Waals surface area contributed by atoms with Gasteiger partial charge in [-0.05, 0) is 48.8 Å². The molecule has 0 unspecified atom stereocenters. The van der Waals surface area contributed by atoms with Crippen molar-refractivity contribution in [1.29, 1.82) is 0 Å². The fourth-order valence-electron chi connectivity index (χ4n) is 2.14. The Bertz CT molecular complexity index is 1030. The number of hydrogen-bond acceptors (Lipinski definition) is 6. The number of hydrogen-bond donors (Lipinski definition) is 2. The van der Waals surface area contributed by atoms with E-state index in [0.29, 0.717) is 0 Å². The average molecular weight is 394 g/mol. The zero-order valence-corrected chi connectivity index (χ0v) is 14.9. The summed E-state index contributed by atoms with van der Waals surface area (Å²) < 4.78 is 64.9. The number of aliphatic imine (C=N–C) groups is 2. The zero-order valence-electron chi connectivity index (χ0n) is 13.3. The van der Waals surface area contributed by atoms with Gasteiger partial charge in [-0.15, -0.1) is 0 Å². The first-order valence-corrected chi connectivity index (χ1v) is 9.79. The zero-order chi connectivity index (χ0) is 19.5. The van der Waals surface area contributed by atoms with Crippen LogP contribution in [-0.2, 0) is 20.2 Å². The van der Waals surface area contributed by atoms with Crippen molar-refractivity contribution in [2.45, 2.75) is 9.79 Å². The molecule has 26 heavy (non-hydrogen) atoms. The summed E-state index contributed by atoms with van der Waals surface area (Å²) in [5.74, 6) is 0. The first-order valence-electron chi connectivity index (χ1n) is 6.91. The molecule has 0 aliphatic carbocycles. The second-order valence-corrected chi connectivity index (χ2v) is 7.82. The molecule has 2 N–H and O–H groups in total. The Morgan fingerprint density at radius 2 is 1.08 bits per heavy atom. The molecular weight excluding hydrogens is 380 g/mol. The third kappa shape index (κ3) is 4.49. The largest absolute Gasteiger partial charge is 0.295 e. The Morgan fingerprint density at radius 1 is 0.731 bits per heavy atom. The molecular formula is C16H14N2O6S2. The van der Waals surface area contributed by atoms with Gasteiger partial charge >= 0.3 is 0 Å². The van der Waals surface area contributed by atoms with Crippen molar-refractivity contribution >= 4 is 57.2 Å². The highest BCUT2D eigenvalue weighted by molar-refractivity contribution is 7.86. The third-order valence-electron chi connectivity index (χ3n) is 3.36. The summed E-state index contributed by atoms with van der Waals surface area (Å²) in [6.07, 6.45) is 2.56. The van der Waals surface area contributed by atoms with Gasteiger partial charge in [0.2, 0.25) is 0 Å². The number of nitrogens with zero attached hydrogens (tertiary/aromatic N) is 2. The molecule has 0 atom stereocenters. The molecule has 0 fully saturated rings. The van der Waals surface area contributed by atoms with E-state index in [0.717, 1.165) is 12.1 Å². The van der Waals surface area contributed by atoms with Crippen molar-refractivity contribution in [2.75, 3.05) is 0 Å². The molecule has 2 rings (SSSR count). The van der Waals surface area contributed by atoms with Gasteiger partial charge in [0, 0.05) is 0 Å². The summed E-state index contributed by atoms with van der Waals surface area (Å²) >= 11 is 0. The van der Waals surface area contributed by atoms with Gasteiger partial charge in [-0.1, -0.05) is 24.3 Å². The minimum Gasteiger partial charge on any atom is -0.282 e. The highest BCUT2D eigenvalue weighted by Crippen LogP contribution is 2.27. The SMILES string of the molecule is C=Nc1ccc(/C=C/c2ccc(N=C)cc2S(=O)(=O)O)c(S(=O)(=O)O)c1. The van der Waals surface area contributed by atoms with Crippen molar-refractivity contribution in [2.24, 2.45) is 9.98 Å². The molecule has 0 spiro atoms. The maximum absolute atomic E-state index is 11.5. The lowest BCUT2D eigenvalue weighted by Gasteiger charge is -2.06. The molecule has 2 aromatic carbocycles. The summed E-state index contributed by atoms with van der Waals surface area (Å²) in [6, 6.07) is 7.92. The Kier molecular flexibility index (Phi) is 5.52. The molecule has 0 heterocycles. The maximum Gasteiger partial charge on any atom is 0.295 e. The normalized spacial score (nSPS) is 12.2. The first kappa shape index (κ1) is 19.7. The number of benzene rings is 2. The van der Waals surface area contributed by atoms with Crippen molar-refractivity contribution in [3.05, 3.63) is 47.5 Å². The Balaban J connectivity index is 2.62. The predicted molar refractivity (Wildman–Crippen MR) is 99.9 cm³/mol. The van der Waals surface area contributed by atoms with Gasteiger partial charge in [0.15, 0.2) is 0 Å². The molecule has 8 nitrogen and oxygen atoms in total. The Hall–Kier alpha value is -2.66. The fourth-order valence-corrected chi connectivity index (χ4v) is 3.55. The van der Waals surface area contributed by atoms with E-state index in [9.17, 15) is 25.9 Å². The molecule has 0 aromatic heterocycles. The summed E-state index contributed by atoms with van der Waals surface area (Å²) in [7, 11) is -9.10. The van der Waals surface area contributed by atoms with E-state index in [1.165, 1.54) is 36.4 Å². The van der Waals surface area contributed by atoms with Crippen LogP contribution in [0.15, 0.2) is 56.2 Å². The van der Waals surface area contributed by atoms with E-state index in [-0.39, 0.29) is 22.5 Å². The fraction of sp³-hybridized carbons (Fsp3) is 0. The van der Waals surface area contributed by atoms with Crippen LogP contribution in [0.2, 0.25) is 0 Å². The molecule has 2 aromatic rings. The molecule has 0 radical (unpaired) electrons. The van der Waals surface area contributed by atoms with Gasteiger partial charge in [0.1, 0.15) is 9.79 Å². The van der Waals surface area contributed by atoms with E-state index < -0.39 is 30.0 Å². The highest BCUT2D eigenvalue weighted by Gasteiger charge is 2.17. The van der Waals surface area contributed by atoms with Gasteiger partial charge in [-0.25, -0.2) is 0 Å². The quantitative estimate of drug-likeness (QED) is 0.439. The average Bonchev–Trinajstić information content (AvgIpc) is 2.58. The van der Waals surface area contributed by atoms with Crippen LogP contribution in [0.25, 0.3) is 12.2 Å². The molecule has 0 aliphatic heterocycles. The molecule has 0 bridgehead atoms. The van der Waals surface area contributed by atoms with Crippen LogP contribution >= 0.6 is 0 Å². The first-order chi connectivity index (χ1) is 12.1. The summed E-state index contributed by atoms with van der Waals surface area (Å²) in [5, 5.41) is 0. The topological polar surface area (TPSA) is 133 Å². The van der Waals surface area contributed by atoms with Gasteiger partial charge in [0.25, 0.3) is 20.2 Å². The second-order valence-electron chi connectivity index (χ2n) is 5.04. The van der Waals surface area contributed by atoms with Crippen LogP contribution in [0.1, 0.15) is 11.1 Å². The van der Waals surface area contributed by atoms with Gasteiger partial charge in [-0.2, -0.15) is 16.8 Å². The molecule has 0 amide bonds. The summed E-state index contributed by atoms with van der Waals surface area (Å²) in [5.41, 5.74) is 0.642. The van der Waals surface area contributed by atoms with Gasteiger partial charge in [-0.3, -0.25) is 19.1 Å². The van der Waals surface area contributed by atoms with Crippen molar-refractivity contribution in [1.82, 2.24) is 0 Å². The van der Waals surface area contributed by atoms with E-state index in [4.69, 9.17) is 0 Å². The van der Waals surface area contributed by atoms with Crippen molar-refractivity contribution in [3.8, 4) is 0 Å². The summed E-state index contributed by atoms with van der Waals surface area (Å²) in [6.45, 7) is 6.56. The van der Waals surface area contributed by atoms with Crippen LogP contribution in [0.4, 0.5) is 11.4 Å². The lowest BCUT2D eigenvalue weighted by Crippen LogP contribution is -2.01. The van der Waals surface area contributed by atoms with Crippen LogP contribution in [0.3, 0.4) is 0 Å². The predicted octanol–water partition coefficient (Wildman–Crippen LogP) is 3.01. The van der Waals surface area contributed by atoms with Crippen molar-refractivity contribution in [3.63, 3.8) is 0 Å². The van der Waals surface area contributed by atoms with E-state index >= 15 is 0 Å². The molecule has 10 heteroatoms. The monoisotopic (exact) mass is 394 g/mol. The van der Waals surface area contributed by atoms with Crippen LogP contribution in [-0.4, -0.2) is 39.4 Å². The smallest absolute Gasteiger partial charge is 0.282 e. The van der Waals surface area contributed by atoms with Gasteiger partial charge < -0.3 is 0 Å². The minimum absolute atomic E-state index is 0.0899. The maximum atomic E-state index is 11.5. The third-order valence-corrected chi connectivity index (χ3v) is 5.18. The molecule has 0 saturated heterocycles. The van der Waals surface area contributed by atoms with E-state index in [1.54, 1.807) is 0 Å². The lowest BCUT2D eigenvalue weighted by atomic mass is 10.1. The number of rotatable bonds is 6. The Labute approximate surface area is 150 Å². The Morgan fingerprint density at radius 3 is 1.35 bits per heavy atom. The van der Waals surface area contributed by atoms with Crippen molar-refractivity contribution < 1.29 is 25.9 Å². The molecule has 0 saturated carbocycles. The molecule has 0 aliphatic rings. The molecule has 136 valence electrons. The van der Waals surface area contributed by atoms with Gasteiger partial charge in [0.05, 0.1) is 11.4 Å². The summed E-state index contributed by atoms with van der Waals surface area (Å²) in [4.78, 5) is 6.34. The lowest BCUT2D eigenvalue weighted by molar-refractivity contribution is 0.480. The minimum atomic E-state index is -4.55. The second kappa shape index (κ2) is 7.30. The van der Waals surface area contributed by atoms with E-state index in [1.807, 2.05) is 0 Å². The van der Waals surface area contributed by atoms with E-state index in [2.05, 4.69) is 23.4 Å². The van der Waals surface area contributed by atoms with Crippen LogP contribution in [0.5, 0.6) is 0 Å². The standard InChI is InChI=1S/C16H14N2O6S2/c1-17-13-7-5-11(15(9-13)25(19,20)21)3-4-12-6-8-14(18-2)10-16(12)26(22,23)24/h3-10H,1-2H2,(H,19,20,21)(H,22,23,24)/b4-3+.